The lowest BCUT2D eigenvalue weighted by Crippen LogP contribution is -2.31. The molecule has 0 saturated heterocycles. The summed E-state index contributed by atoms with van der Waals surface area (Å²) in [5.74, 6) is -2.78. The summed E-state index contributed by atoms with van der Waals surface area (Å²) in [6.07, 6.45) is -2.78. The van der Waals surface area contributed by atoms with Crippen molar-refractivity contribution in [2.75, 3.05) is 6.61 Å². The summed E-state index contributed by atoms with van der Waals surface area (Å²) in [6, 6.07) is 0. The van der Waals surface area contributed by atoms with E-state index in [4.69, 9.17) is 35.5 Å². The molecule has 1 heterocycles. The van der Waals surface area contributed by atoms with Gasteiger partial charge in [-0.3, -0.25) is 0 Å². The van der Waals surface area contributed by atoms with Crippen molar-refractivity contribution in [1.82, 2.24) is 0 Å². The van der Waals surface area contributed by atoms with Gasteiger partial charge in [0.25, 0.3) is 0 Å². The number of esters is 1. The van der Waals surface area contributed by atoms with E-state index in [1.807, 2.05) is 0 Å². The van der Waals surface area contributed by atoms with Crippen LogP contribution in [0.1, 0.15) is 0 Å². The van der Waals surface area contributed by atoms with Crippen LogP contribution in [0, 0.1) is 0 Å². The number of ether oxygens (including phenoxy) is 1. The Morgan fingerprint density at radius 2 is 1.75 bits per heavy atom. The molecule has 10 heteroatoms. The van der Waals surface area contributed by atoms with Crippen molar-refractivity contribution >= 4 is 13.3 Å². The minimum atomic E-state index is -2.17. The molecule has 0 radical (unpaired) electrons. The Bertz CT molecular complexity index is 272. The smallest absolute Gasteiger partial charge is 0.505 e. The van der Waals surface area contributed by atoms with Crippen molar-refractivity contribution in [2.45, 2.75) is 12.2 Å². The third-order valence-electron chi connectivity index (χ3n) is 1.48. The van der Waals surface area contributed by atoms with Crippen LogP contribution in [-0.2, 0) is 9.53 Å². The first kappa shape index (κ1) is 14.7. The van der Waals surface area contributed by atoms with E-state index in [-0.39, 0.29) is 0 Å². The average Bonchev–Trinajstić information content (AvgIpc) is 2.44. The van der Waals surface area contributed by atoms with Crippen molar-refractivity contribution in [1.29, 1.82) is 0 Å². The molecule has 0 unspecified atom stereocenters. The molecule has 0 aliphatic carbocycles. The van der Waals surface area contributed by atoms with E-state index >= 15 is 0 Å². The van der Waals surface area contributed by atoms with Gasteiger partial charge in [0, 0.05) is 0 Å². The Hall–Kier alpha value is -1.33. The molecule has 9 nitrogen and oxygen atoms in total. The normalized spacial score (nSPS) is 21.1. The Labute approximate surface area is 89.6 Å². The van der Waals surface area contributed by atoms with Crippen LogP contribution in [0.4, 0.5) is 0 Å². The van der Waals surface area contributed by atoms with Gasteiger partial charge in [0.2, 0.25) is 5.76 Å². The van der Waals surface area contributed by atoms with Crippen LogP contribution in [0.25, 0.3) is 0 Å². The number of rotatable bonds is 2. The fourth-order valence-corrected chi connectivity index (χ4v) is 0.823. The average molecular weight is 238 g/mol. The van der Waals surface area contributed by atoms with Gasteiger partial charge in [0.1, 0.15) is 6.10 Å². The summed E-state index contributed by atoms with van der Waals surface area (Å²) >= 11 is 0. The maximum atomic E-state index is 10.5. The Balaban J connectivity index is 0.000000487. The van der Waals surface area contributed by atoms with E-state index in [1.54, 1.807) is 0 Å². The monoisotopic (exact) mass is 238 g/mol. The van der Waals surface area contributed by atoms with Gasteiger partial charge in [-0.25, -0.2) is 4.79 Å². The molecule has 7 N–H and O–H groups in total. The molecule has 1 rings (SSSR count). The van der Waals surface area contributed by atoms with E-state index < -0.39 is 43.6 Å². The number of hydrogen-bond acceptors (Lipinski definition) is 9. The number of hydrogen-bond donors (Lipinski definition) is 7. The van der Waals surface area contributed by atoms with Gasteiger partial charge >= 0.3 is 13.3 Å². The van der Waals surface area contributed by atoms with Gasteiger partial charge in [-0.05, 0) is 0 Å². The summed E-state index contributed by atoms with van der Waals surface area (Å²) in [5, 5.41) is 56.5. The maximum absolute atomic E-state index is 10.5. The summed E-state index contributed by atoms with van der Waals surface area (Å²) in [6.45, 7) is -0.671. The predicted octanol–water partition coefficient (Wildman–Crippen LogP) is -3.46. The molecule has 0 fully saturated rings. The van der Waals surface area contributed by atoms with Gasteiger partial charge in [0.05, 0.1) is 6.61 Å². The van der Waals surface area contributed by atoms with Crippen LogP contribution < -0.4 is 0 Å². The molecule has 16 heavy (non-hydrogen) atoms. The van der Waals surface area contributed by atoms with Crippen LogP contribution in [0.3, 0.4) is 0 Å². The molecular weight excluding hydrogens is 227 g/mol. The Morgan fingerprint density at radius 1 is 1.31 bits per heavy atom. The first-order valence-electron chi connectivity index (χ1n) is 3.97. The van der Waals surface area contributed by atoms with Crippen LogP contribution in [0.2, 0.25) is 0 Å². The maximum Gasteiger partial charge on any atom is 0.631 e. The molecule has 0 bridgehead atoms. The zero-order valence-corrected chi connectivity index (χ0v) is 7.89. The van der Waals surface area contributed by atoms with Gasteiger partial charge in [0.15, 0.2) is 11.9 Å². The predicted molar refractivity (Wildman–Crippen MR) is 47.7 cm³/mol. The van der Waals surface area contributed by atoms with Crippen molar-refractivity contribution in [3.8, 4) is 0 Å². The standard InChI is InChI=1S/C6H8O6.BH3O3/c7-1-2(8)5-3(9)4(10)6(11)12-5;2-1(3)4/h2,5,7-10H,1H2;2-4H/t2-,5+;/m0./s1. The highest BCUT2D eigenvalue weighted by Gasteiger charge is 2.38. The first-order chi connectivity index (χ1) is 7.31. The molecule has 0 aromatic heterocycles. The van der Waals surface area contributed by atoms with Gasteiger partial charge in [-0.15, -0.1) is 0 Å². The minimum Gasteiger partial charge on any atom is -0.505 e. The molecule has 0 aromatic rings. The lowest BCUT2D eigenvalue weighted by Gasteiger charge is -2.13. The highest BCUT2D eigenvalue weighted by Crippen LogP contribution is 2.20. The zero-order valence-electron chi connectivity index (χ0n) is 7.89. The van der Waals surface area contributed by atoms with Crippen molar-refractivity contribution in [3.63, 3.8) is 0 Å². The van der Waals surface area contributed by atoms with E-state index in [0.717, 1.165) is 0 Å². The SMILES string of the molecule is O=C1O[C@H]([C@@H](O)CO)C(O)=C1O.OB(O)O. The number of aliphatic hydroxyl groups excluding tert-OH is 4. The summed E-state index contributed by atoms with van der Waals surface area (Å²) < 4.78 is 4.32. The van der Waals surface area contributed by atoms with E-state index in [1.165, 1.54) is 0 Å². The Morgan fingerprint density at radius 3 is 2.00 bits per heavy atom. The molecule has 0 saturated carbocycles. The van der Waals surface area contributed by atoms with Crippen LogP contribution in [0.5, 0.6) is 0 Å². The lowest BCUT2D eigenvalue weighted by molar-refractivity contribution is -0.147. The van der Waals surface area contributed by atoms with E-state index in [2.05, 4.69) is 4.74 Å². The summed E-state index contributed by atoms with van der Waals surface area (Å²) in [4.78, 5) is 10.5. The fraction of sp³-hybridized carbons (Fsp3) is 0.500. The van der Waals surface area contributed by atoms with Gasteiger partial charge in [-0.2, -0.15) is 0 Å². The third-order valence-corrected chi connectivity index (χ3v) is 1.48. The quantitative estimate of drug-likeness (QED) is 0.191. The minimum absolute atomic E-state index is 0.671. The number of cyclic esters (lactones) is 1. The third kappa shape index (κ3) is 4.04. The summed E-state index contributed by atoms with van der Waals surface area (Å²) in [5.41, 5.74) is 0. The van der Waals surface area contributed by atoms with E-state index in [9.17, 15) is 4.79 Å². The second-order valence-corrected chi connectivity index (χ2v) is 2.66. The fourth-order valence-electron chi connectivity index (χ4n) is 0.823. The zero-order chi connectivity index (χ0) is 12.9. The van der Waals surface area contributed by atoms with Gasteiger partial charge < -0.3 is 40.2 Å². The molecule has 1 aliphatic rings. The number of carbonyl (C=O) groups is 1. The summed E-state index contributed by atoms with van der Waals surface area (Å²) in [7, 11) is -2.17. The van der Waals surface area contributed by atoms with Crippen LogP contribution >= 0.6 is 0 Å². The molecular formula is C6H11BO9. The number of carbonyl (C=O) groups excluding carboxylic acids is 1. The molecule has 92 valence electrons. The van der Waals surface area contributed by atoms with Crippen molar-refractivity contribution in [2.24, 2.45) is 0 Å². The largest absolute Gasteiger partial charge is 0.631 e. The topological polar surface area (TPSA) is 168 Å². The van der Waals surface area contributed by atoms with Crippen molar-refractivity contribution in [3.05, 3.63) is 11.5 Å². The van der Waals surface area contributed by atoms with Crippen molar-refractivity contribution < 1.29 is 45.0 Å². The van der Waals surface area contributed by atoms with Crippen LogP contribution in [-0.4, -0.2) is 67.6 Å². The van der Waals surface area contributed by atoms with E-state index in [0.29, 0.717) is 0 Å². The first-order valence-corrected chi connectivity index (χ1v) is 3.97. The second kappa shape index (κ2) is 6.30. The van der Waals surface area contributed by atoms with Gasteiger partial charge in [-0.1, -0.05) is 0 Å². The highest BCUT2D eigenvalue weighted by atomic mass is 16.6. The molecule has 0 amide bonds. The Kier molecular flexibility index (Phi) is 5.78. The van der Waals surface area contributed by atoms with Crippen LogP contribution in [0.15, 0.2) is 11.5 Å². The number of aliphatic hydroxyl groups is 4. The molecule has 1 aliphatic heterocycles. The molecule has 0 aromatic carbocycles. The molecule has 2 atom stereocenters. The lowest BCUT2D eigenvalue weighted by atomic mass is 10.2. The second-order valence-electron chi connectivity index (χ2n) is 2.66. The highest BCUT2D eigenvalue weighted by molar-refractivity contribution is 6.30. The molecule has 0 spiro atoms.